The SMILES string of the molecule is O[C@]1(c2ccc(F)cc2)CN(c2ccc(Cl)cc2)C2=[N+]1CCCS2. The van der Waals surface area contributed by atoms with Crippen LogP contribution in [-0.4, -0.2) is 33.7 Å². The molecule has 4 rings (SSSR count). The van der Waals surface area contributed by atoms with Gasteiger partial charge in [-0.1, -0.05) is 11.6 Å². The van der Waals surface area contributed by atoms with Crippen molar-refractivity contribution in [1.82, 2.24) is 0 Å². The van der Waals surface area contributed by atoms with Gasteiger partial charge in [-0.25, -0.2) is 13.9 Å². The molecule has 124 valence electrons. The third-order valence-electron chi connectivity index (χ3n) is 4.49. The van der Waals surface area contributed by atoms with Crippen molar-refractivity contribution in [3.63, 3.8) is 0 Å². The number of rotatable bonds is 2. The lowest BCUT2D eigenvalue weighted by Gasteiger charge is -2.24. The van der Waals surface area contributed by atoms with Crippen molar-refractivity contribution in [3.05, 3.63) is 64.9 Å². The molecule has 0 aromatic heterocycles. The number of halogens is 2. The number of nitrogens with zero attached hydrogens (tertiary/aromatic N) is 2. The van der Waals surface area contributed by atoms with E-state index in [0.717, 1.165) is 29.6 Å². The maximum atomic E-state index is 13.3. The number of hydrogen-bond donors (Lipinski definition) is 1. The molecular formula is C18H17ClFN2OS+. The molecule has 0 saturated carbocycles. The van der Waals surface area contributed by atoms with E-state index in [2.05, 4.69) is 4.90 Å². The predicted octanol–water partition coefficient (Wildman–Crippen LogP) is 3.65. The van der Waals surface area contributed by atoms with E-state index in [-0.39, 0.29) is 5.82 Å². The molecule has 0 radical (unpaired) electrons. The molecule has 0 saturated heterocycles. The zero-order valence-electron chi connectivity index (χ0n) is 13.0. The van der Waals surface area contributed by atoms with Crippen LogP contribution in [0.2, 0.25) is 5.02 Å². The van der Waals surface area contributed by atoms with Gasteiger partial charge < -0.3 is 5.11 Å². The highest BCUT2D eigenvalue weighted by atomic mass is 35.5. The molecule has 0 fully saturated rings. The highest BCUT2D eigenvalue weighted by Crippen LogP contribution is 2.37. The van der Waals surface area contributed by atoms with E-state index in [9.17, 15) is 9.50 Å². The minimum absolute atomic E-state index is 0.299. The number of anilines is 1. The van der Waals surface area contributed by atoms with E-state index < -0.39 is 5.72 Å². The zero-order valence-corrected chi connectivity index (χ0v) is 14.5. The molecule has 6 heteroatoms. The summed E-state index contributed by atoms with van der Waals surface area (Å²) in [5, 5.41) is 13.2. The average molecular weight is 364 g/mol. The maximum absolute atomic E-state index is 13.3. The lowest BCUT2D eigenvalue weighted by molar-refractivity contribution is -0.656. The number of thioether (sulfide) groups is 1. The van der Waals surface area contributed by atoms with E-state index in [4.69, 9.17) is 11.6 Å². The third kappa shape index (κ3) is 2.61. The first-order chi connectivity index (χ1) is 11.6. The highest BCUT2D eigenvalue weighted by Gasteiger charge is 2.53. The summed E-state index contributed by atoms with van der Waals surface area (Å²) in [5.74, 6) is 0.724. The Kier molecular flexibility index (Phi) is 4.03. The summed E-state index contributed by atoms with van der Waals surface area (Å²) in [5.41, 5.74) is 0.544. The summed E-state index contributed by atoms with van der Waals surface area (Å²) in [7, 11) is 0. The Morgan fingerprint density at radius 1 is 1.12 bits per heavy atom. The van der Waals surface area contributed by atoms with Crippen molar-refractivity contribution in [2.24, 2.45) is 0 Å². The zero-order chi connectivity index (χ0) is 16.7. The molecule has 0 amide bonds. The molecule has 0 aliphatic carbocycles. The average Bonchev–Trinajstić information content (AvgIpc) is 2.91. The molecule has 24 heavy (non-hydrogen) atoms. The van der Waals surface area contributed by atoms with Crippen molar-refractivity contribution >= 4 is 34.2 Å². The summed E-state index contributed by atoms with van der Waals surface area (Å²) in [6, 6.07) is 13.7. The van der Waals surface area contributed by atoms with E-state index in [1.807, 2.05) is 28.8 Å². The Bertz CT molecular complexity index is 794. The van der Waals surface area contributed by atoms with Crippen LogP contribution >= 0.6 is 23.4 Å². The number of β-amino-alcohol motifs (C(OH)–C–C–N with tert-alkyl or cyclic N) is 1. The number of benzene rings is 2. The largest absolute Gasteiger partial charge is 0.346 e. The Morgan fingerprint density at radius 3 is 2.54 bits per heavy atom. The minimum atomic E-state index is -1.16. The maximum Gasteiger partial charge on any atom is 0.316 e. The van der Waals surface area contributed by atoms with Crippen LogP contribution in [0.25, 0.3) is 0 Å². The van der Waals surface area contributed by atoms with Gasteiger partial charge in [0, 0.05) is 16.3 Å². The van der Waals surface area contributed by atoms with Gasteiger partial charge in [0.25, 0.3) is 5.72 Å². The molecule has 1 atom stereocenters. The summed E-state index contributed by atoms with van der Waals surface area (Å²) in [6.07, 6.45) is 1.01. The second kappa shape index (κ2) is 6.06. The lowest BCUT2D eigenvalue weighted by atomic mass is 10.0. The first kappa shape index (κ1) is 15.9. The number of hydrogen-bond acceptors (Lipinski definition) is 3. The van der Waals surface area contributed by atoms with Gasteiger partial charge >= 0.3 is 5.17 Å². The normalized spacial score (nSPS) is 23.5. The summed E-state index contributed by atoms with van der Waals surface area (Å²) < 4.78 is 15.3. The van der Waals surface area contributed by atoms with Gasteiger partial charge in [-0.2, -0.15) is 0 Å². The molecule has 1 N–H and O–H groups in total. The van der Waals surface area contributed by atoms with E-state index >= 15 is 0 Å². The van der Waals surface area contributed by atoms with Gasteiger partial charge in [-0.15, -0.1) is 0 Å². The van der Waals surface area contributed by atoms with Crippen LogP contribution in [0, 0.1) is 5.82 Å². The summed E-state index contributed by atoms with van der Waals surface area (Å²) in [4.78, 5) is 2.11. The molecule has 3 nitrogen and oxygen atoms in total. The van der Waals surface area contributed by atoms with E-state index in [1.165, 1.54) is 12.1 Å². The molecule has 2 aromatic rings. The number of aliphatic hydroxyl groups is 1. The van der Waals surface area contributed by atoms with Crippen molar-refractivity contribution in [2.75, 3.05) is 23.7 Å². The molecule has 2 heterocycles. The molecular weight excluding hydrogens is 347 g/mol. The van der Waals surface area contributed by atoms with Gasteiger partial charge in [0.1, 0.15) is 11.5 Å². The van der Waals surface area contributed by atoms with Gasteiger partial charge in [-0.3, -0.25) is 0 Å². The highest BCUT2D eigenvalue weighted by molar-refractivity contribution is 8.13. The molecule has 2 aromatic carbocycles. The molecule has 0 unspecified atom stereocenters. The minimum Gasteiger partial charge on any atom is -0.346 e. The Balaban J connectivity index is 1.78. The van der Waals surface area contributed by atoms with Crippen LogP contribution in [0.4, 0.5) is 10.1 Å². The van der Waals surface area contributed by atoms with Crippen LogP contribution in [0.5, 0.6) is 0 Å². The predicted molar refractivity (Wildman–Crippen MR) is 96.3 cm³/mol. The van der Waals surface area contributed by atoms with Gasteiger partial charge in [0.2, 0.25) is 0 Å². The van der Waals surface area contributed by atoms with Gasteiger partial charge in [0.15, 0.2) is 6.54 Å². The Labute approximate surface area is 149 Å². The Morgan fingerprint density at radius 2 is 1.83 bits per heavy atom. The molecule has 2 aliphatic rings. The summed E-state index contributed by atoms with van der Waals surface area (Å²) >= 11 is 7.74. The van der Waals surface area contributed by atoms with Gasteiger partial charge in [-0.05, 0) is 66.7 Å². The third-order valence-corrected chi connectivity index (χ3v) is 5.93. The first-order valence-electron chi connectivity index (χ1n) is 7.87. The monoisotopic (exact) mass is 363 g/mol. The van der Waals surface area contributed by atoms with Gasteiger partial charge in [0.05, 0.1) is 6.54 Å². The molecule has 0 spiro atoms. The fraction of sp³-hybridized carbons (Fsp3) is 0.278. The standard InChI is InChI=1S/C18H17ClFN2OS/c19-14-4-8-16(9-5-14)21-12-18(23,13-2-6-15(20)7-3-13)22-10-1-11-24-17(21)22/h2-9,23H,1,10-12H2/q+1/t18-/m0/s1. The van der Waals surface area contributed by atoms with E-state index in [1.54, 1.807) is 23.9 Å². The van der Waals surface area contributed by atoms with Crippen LogP contribution in [0.1, 0.15) is 12.0 Å². The van der Waals surface area contributed by atoms with Crippen molar-refractivity contribution < 1.29 is 14.1 Å². The van der Waals surface area contributed by atoms with Crippen LogP contribution in [-0.2, 0) is 5.72 Å². The van der Waals surface area contributed by atoms with Crippen molar-refractivity contribution in [3.8, 4) is 0 Å². The first-order valence-corrected chi connectivity index (χ1v) is 9.23. The van der Waals surface area contributed by atoms with E-state index in [0.29, 0.717) is 17.1 Å². The lowest BCUT2D eigenvalue weighted by Crippen LogP contribution is -2.41. The fourth-order valence-electron chi connectivity index (χ4n) is 3.29. The fourth-order valence-corrected chi connectivity index (χ4v) is 4.59. The second-order valence-corrected chi connectivity index (χ2v) is 7.52. The molecule has 2 aliphatic heterocycles. The van der Waals surface area contributed by atoms with Crippen molar-refractivity contribution in [2.45, 2.75) is 12.1 Å². The van der Waals surface area contributed by atoms with Crippen LogP contribution < -0.4 is 4.90 Å². The summed E-state index contributed by atoms with van der Waals surface area (Å²) in [6.45, 7) is 1.18. The van der Waals surface area contributed by atoms with Crippen LogP contribution in [0.3, 0.4) is 0 Å². The smallest absolute Gasteiger partial charge is 0.316 e. The van der Waals surface area contributed by atoms with Crippen molar-refractivity contribution in [1.29, 1.82) is 0 Å². The van der Waals surface area contributed by atoms with Crippen LogP contribution in [0.15, 0.2) is 48.5 Å². The Hall–Kier alpha value is -1.56. The topological polar surface area (TPSA) is 26.5 Å². The second-order valence-electron chi connectivity index (χ2n) is 6.02. The quantitative estimate of drug-likeness (QED) is 0.825. The number of amidine groups is 1. The molecule has 0 bridgehead atoms.